The van der Waals surface area contributed by atoms with Crippen molar-refractivity contribution in [3.05, 3.63) is 66.4 Å². The summed E-state index contributed by atoms with van der Waals surface area (Å²) in [5.41, 5.74) is 13.5. The predicted octanol–water partition coefficient (Wildman–Crippen LogP) is 1.56. The zero-order valence-electron chi connectivity index (χ0n) is 19.1. The monoisotopic (exact) mass is 475 g/mol. The second kappa shape index (κ2) is 9.47. The SMILES string of the molecule is Cn1cc(NC(=O)CN=C(N)N)cc1C(=O)Nc1cc(C(=O)Nc2ccc3cc[nH]c3c2)n(C)c1. The first-order chi connectivity index (χ1) is 16.7. The summed E-state index contributed by atoms with van der Waals surface area (Å²) in [4.78, 5) is 44.3. The van der Waals surface area contributed by atoms with Gasteiger partial charge in [0.05, 0.1) is 11.4 Å². The number of aromatic nitrogens is 3. The molecule has 3 aromatic heterocycles. The first-order valence-electron chi connectivity index (χ1n) is 10.6. The quantitative estimate of drug-likeness (QED) is 0.175. The zero-order chi connectivity index (χ0) is 25.1. The van der Waals surface area contributed by atoms with Crippen LogP contribution in [0, 0.1) is 0 Å². The fourth-order valence-electron chi connectivity index (χ4n) is 3.60. The Morgan fingerprint density at radius 3 is 2.09 bits per heavy atom. The number of H-pyrrole nitrogens is 1. The van der Waals surface area contributed by atoms with E-state index in [1.807, 2.05) is 30.5 Å². The third-order valence-corrected chi connectivity index (χ3v) is 5.23. The minimum Gasteiger partial charge on any atom is -0.370 e. The van der Waals surface area contributed by atoms with Crippen LogP contribution < -0.4 is 27.4 Å². The number of guanidine groups is 1. The number of benzene rings is 1. The summed E-state index contributed by atoms with van der Waals surface area (Å²) in [6, 6.07) is 10.6. The minimum absolute atomic E-state index is 0.189. The van der Waals surface area contributed by atoms with Crippen molar-refractivity contribution in [2.75, 3.05) is 22.5 Å². The summed E-state index contributed by atoms with van der Waals surface area (Å²) in [5, 5.41) is 9.30. The number of anilines is 3. The van der Waals surface area contributed by atoms with Crippen molar-refractivity contribution in [2.24, 2.45) is 30.6 Å². The molecule has 4 rings (SSSR count). The van der Waals surface area contributed by atoms with Gasteiger partial charge in [-0.05, 0) is 35.7 Å². The lowest BCUT2D eigenvalue weighted by atomic mass is 10.2. The van der Waals surface area contributed by atoms with E-state index < -0.39 is 11.8 Å². The number of aromatic amines is 1. The van der Waals surface area contributed by atoms with Crippen molar-refractivity contribution in [3.8, 4) is 0 Å². The van der Waals surface area contributed by atoms with Crippen LogP contribution in [0.1, 0.15) is 21.0 Å². The Labute approximate surface area is 200 Å². The molecule has 3 heterocycles. The lowest BCUT2D eigenvalue weighted by Gasteiger charge is -2.06. The van der Waals surface area contributed by atoms with Gasteiger partial charge in [0.25, 0.3) is 11.8 Å². The molecule has 3 amide bonds. The number of hydrogen-bond donors (Lipinski definition) is 6. The van der Waals surface area contributed by atoms with Gasteiger partial charge in [-0.15, -0.1) is 0 Å². The molecule has 4 aromatic rings. The first kappa shape index (κ1) is 23.2. The van der Waals surface area contributed by atoms with Gasteiger partial charge in [0.15, 0.2) is 5.96 Å². The van der Waals surface area contributed by atoms with Gasteiger partial charge in [0.1, 0.15) is 17.9 Å². The van der Waals surface area contributed by atoms with Gasteiger partial charge in [-0.3, -0.25) is 14.4 Å². The van der Waals surface area contributed by atoms with E-state index in [2.05, 4.69) is 25.9 Å². The number of carbonyl (C=O) groups excluding carboxylic acids is 3. The van der Waals surface area contributed by atoms with Gasteiger partial charge in [0, 0.05) is 43.9 Å². The van der Waals surface area contributed by atoms with Crippen LogP contribution in [0.3, 0.4) is 0 Å². The molecule has 0 atom stereocenters. The minimum atomic E-state index is -0.426. The van der Waals surface area contributed by atoms with E-state index in [4.69, 9.17) is 11.5 Å². The van der Waals surface area contributed by atoms with Crippen LogP contribution in [-0.2, 0) is 18.9 Å². The molecule has 0 saturated carbocycles. The van der Waals surface area contributed by atoms with E-state index in [0.29, 0.717) is 28.5 Å². The van der Waals surface area contributed by atoms with Crippen molar-refractivity contribution in [2.45, 2.75) is 0 Å². The molecule has 0 spiro atoms. The topological polar surface area (TPSA) is 177 Å². The van der Waals surface area contributed by atoms with E-state index in [9.17, 15) is 14.4 Å². The van der Waals surface area contributed by atoms with E-state index >= 15 is 0 Å². The Balaban J connectivity index is 1.42. The molecule has 0 unspecified atom stereocenters. The number of nitrogens with one attached hydrogen (secondary N) is 4. The Morgan fingerprint density at radius 1 is 0.857 bits per heavy atom. The number of aryl methyl sites for hydroxylation is 2. The lowest BCUT2D eigenvalue weighted by molar-refractivity contribution is -0.114. The van der Waals surface area contributed by atoms with Crippen LogP contribution in [0.5, 0.6) is 0 Å². The molecule has 0 aliphatic carbocycles. The van der Waals surface area contributed by atoms with E-state index in [-0.39, 0.29) is 18.4 Å². The van der Waals surface area contributed by atoms with E-state index in [1.54, 1.807) is 41.7 Å². The number of carbonyl (C=O) groups is 3. The molecular formula is C23H25N9O3. The van der Waals surface area contributed by atoms with Crippen molar-refractivity contribution in [1.29, 1.82) is 0 Å². The maximum atomic E-state index is 12.8. The van der Waals surface area contributed by atoms with Crippen LogP contribution in [0.2, 0.25) is 0 Å². The van der Waals surface area contributed by atoms with Crippen molar-refractivity contribution >= 4 is 51.6 Å². The number of hydrogen-bond acceptors (Lipinski definition) is 4. The van der Waals surface area contributed by atoms with Crippen LogP contribution in [0.25, 0.3) is 10.9 Å². The summed E-state index contributed by atoms with van der Waals surface area (Å²) >= 11 is 0. The number of amides is 3. The summed E-state index contributed by atoms with van der Waals surface area (Å²) in [7, 11) is 3.39. The van der Waals surface area contributed by atoms with Crippen LogP contribution in [0.4, 0.5) is 17.1 Å². The van der Waals surface area contributed by atoms with E-state index in [0.717, 1.165) is 10.9 Å². The second-order valence-corrected chi connectivity index (χ2v) is 7.93. The molecule has 1 aromatic carbocycles. The molecule has 35 heavy (non-hydrogen) atoms. The summed E-state index contributed by atoms with van der Waals surface area (Å²) in [6.07, 6.45) is 5.06. The molecule has 0 saturated heterocycles. The summed E-state index contributed by atoms with van der Waals surface area (Å²) in [5.74, 6) is -1.34. The highest BCUT2D eigenvalue weighted by Crippen LogP contribution is 2.21. The number of fused-ring (bicyclic) bond motifs is 1. The van der Waals surface area contributed by atoms with Crippen molar-refractivity contribution < 1.29 is 14.4 Å². The van der Waals surface area contributed by atoms with Gasteiger partial charge in [0.2, 0.25) is 5.91 Å². The second-order valence-electron chi connectivity index (χ2n) is 7.93. The fourth-order valence-corrected chi connectivity index (χ4v) is 3.60. The Morgan fingerprint density at radius 2 is 1.46 bits per heavy atom. The Hall–Kier alpha value is -5.00. The number of rotatable bonds is 7. The molecule has 8 N–H and O–H groups in total. The Bertz CT molecular complexity index is 1450. The average molecular weight is 476 g/mol. The fraction of sp³-hybridized carbons (Fsp3) is 0.130. The van der Waals surface area contributed by atoms with Gasteiger partial charge in [-0.25, -0.2) is 4.99 Å². The molecule has 180 valence electrons. The molecule has 12 heteroatoms. The maximum Gasteiger partial charge on any atom is 0.272 e. The highest BCUT2D eigenvalue weighted by atomic mass is 16.2. The molecule has 0 aliphatic rings. The van der Waals surface area contributed by atoms with Gasteiger partial charge in [-0.2, -0.15) is 0 Å². The first-order valence-corrected chi connectivity index (χ1v) is 10.6. The number of nitrogens with zero attached hydrogens (tertiary/aromatic N) is 3. The highest BCUT2D eigenvalue weighted by molar-refractivity contribution is 6.07. The molecule has 0 bridgehead atoms. The largest absolute Gasteiger partial charge is 0.370 e. The van der Waals surface area contributed by atoms with Crippen molar-refractivity contribution in [1.82, 2.24) is 14.1 Å². The van der Waals surface area contributed by atoms with Gasteiger partial charge < -0.3 is 41.5 Å². The molecular weight excluding hydrogens is 450 g/mol. The lowest BCUT2D eigenvalue weighted by Crippen LogP contribution is -2.25. The molecule has 0 fully saturated rings. The van der Waals surface area contributed by atoms with Gasteiger partial charge in [-0.1, -0.05) is 6.07 Å². The van der Waals surface area contributed by atoms with E-state index in [1.165, 1.54) is 6.07 Å². The van der Waals surface area contributed by atoms with Gasteiger partial charge >= 0.3 is 0 Å². The summed E-state index contributed by atoms with van der Waals surface area (Å²) in [6.45, 7) is -0.230. The van der Waals surface area contributed by atoms with Crippen LogP contribution in [-0.4, -0.2) is 44.3 Å². The standard InChI is InChI=1S/C23H25N9O3/c1-31-11-15(28-20(33)10-27-23(24)25)8-18(31)22(35)30-16-9-19(32(2)12-16)21(34)29-14-4-3-13-5-6-26-17(13)7-14/h3-9,11-12,26H,10H2,1-2H3,(H,28,33)(H,29,34)(H,30,35)(H4,24,25,27). The normalized spacial score (nSPS) is 10.7. The van der Waals surface area contributed by atoms with Crippen LogP contribution >= 0.6 is 0 Å². The van der Waals surface area contributed by atoms with Crippen LogP contribution in [0.15, 0.2) is 60.0 Å². The number of aliphatic imine (C=N–C) groups is 1. The molecule has 12 nitrogen and oxygen atoms in total. The summed E-state index contributed by atoms with van der Waals surface area (Å²) < 4.78 is 3.19. The highest BCUT2D eigenvalue weighted by Gasteiger charge is 2.17. The third kappa shape index (κ3) is 5.33. The molecule has 0 radical (unpaired) electrons. The average Bonchev–Trinajstić information content (AvgIpc) is 3.50. The number of nitrogens with two attached hydrogens (primary N) is 2. The van der Waals surface area contributed by atoms with Crippen molar-refractivity contribution in [3.63, 3.8) is 0 Å². The third-order valence-electron chi connectivity index (χ3n) is 5.23. The Kier molecular flexibility index (Phi) is 6.27. The molecule has 0 aliphatic heterocycles. The zero-order valence-corrected chi connectivity index (χ0v) is 19.1. The smallest absolute Gasteiger partial charge is 0.272 e. The maximum absolute atomic E-state index is 12.8. The predicted molar refractivity (Wildman–Crippen MR) is 134 cm³/mol.